The van der Waals surface area contributed by atoms with Crippen LogP contribution in [-0.4, -0.2) is 31.1 Å². The summed E-state index contributed by atoms with van der Waals surface area (Å²) in [6, 6.07) is 0.636. The fourth-order valence-corrected chi connectivity index (χ4v) is 2.41. The Labute approximate surface area is 139 Å². The summed E-state index contributed by atoms with van der Waals surface area (Å²) in [6.07, 6.45) is -1.83. The summed E-state index contributed by atoms with van der Waals surface area (Å²) in [4.78, 5) is 23.7. The van der Waals surface area contributed by atoms with Crippen molar-refractivity contribution in [2.45, 2.75) is 6.18 Å². The monoisotopic (exact) mass is 401 g/mol. The van der Waals surface area contributed by atoms with Crippen molar-refractivity contribution < 1.29 is 18.0 Å². The van der Waals surface area contributed by atoms with Gasteiger partial charge in [0.25, 0.3) is 5.91 Å². The molecule has 0 saturated carbocycles. The third-order valence-electron chi connectivity index (χ3n) is 2.95. The minimum Gasteiger partial charge on any atom is -0.397 e. The summed E-state index contributed by atoms with van der Waals surface area (Å²) < 4.78 is 37.8. The Kier molecular flexibility index (Phi) is 3.83. The Morgan fingerprint density at radius 3 is 2.71 bits per heavy atom. The molecular weight excluding hydrogens is 395 g/mol. The number of nitrogens with one attached hydrogen (secondary N) is 2. The molecule has 0 aliphatic carbocycles. The first kappa shape index (κ1) is 16.1. The van der Waals surface area contributed by atoms with Crippen LogP contribution in [0, 0.1) is 0 Å². The molecule has 3 rings (SSSR count). The lowest BCUT2D eigenvalue weighted by Gasteiger charge is -2.12. The maximum atomic E-state index is 12.8. The SMILES string of the molecule is Nc1cc(C(F)(F)F)c(Br)nc1C(=O)Nc1[nH]nc2nccnc12. The van der Waals surface area contributed by atoms with Crippen LogP contribution in [0.25, 0.3) is 11.2 Å². The molecule has 0 radical (unpaired) electrons. The van der Waals surface area contributed by atoms with Gasteiger partial charge in [-0.2, -0.15) is 18.3 Å². The number of carbonyl (C=O) groups is 1. The van der Waals surface area contributed by atoms with E-state index >= 15 is 0 Å². The molecular formula is C12H7BrF3N7O. The number of carbonyl (C=O) groups excluding carboxylic acids is 1. The molecule has 0 aliphatic heterocycles. The standard InChI is InChI=1S/C12H7BrF3N7O/c13-8-4(12(14,15)16)3-5(17)6(20-8)11(24)21-10-7-9(22-23-10)19-2-1-18-7/h1-3H,17H2,(H2,19,21,22,23,24). The highest BCUT2D eigenvalue weighted by atomic mass is 79.9. The maximum absolute atomic E-state index is 12.8. The molecule has 0 spiro atoms. The van der Waals surface area contributed by atoms with Crippen molar-refractivity contribution in [2.75, 3.05) is 11.1 Å². The molecule has 0 aromatic carbocycles. The second-order valence-electron chi connectivity index (χ2n) is 4.54. The van der Waals surface area contributed by atoms with Crippen molar-refractivity contribution in [3.05, 3.63) is 34.3 Å². The van der Waals surface area contributed by atoms with Crippen molar-refractivity contribution in [3.8, 4) is 0 Å². The van der Waals surface area contributed by atoms with Gasteiger partial charge in [0.05, 0.1) is 11.3 Å². The number of fused-ring (bicyclic) bond motifs is 1. The number of anilines is 2. The van der Waals surface area contributed by atoms with Crippen LogP contribution < -0.4 is 11.1 Å². The minimum atomic E-state index is -4.65. The lowest BCUT2D eigenvalue weighted by atomic mass is 10.2. The topological polar surface area (TPSA) is 122 Å². The fraction of sp³-hybridized carbons (Fsp3) is 0.0833. The lowest BCUT2D eigenvalue weighted by Crippen LogP contribution is -2.18. The molecule has 4 N–H and O–H groups in total. The predicted octanol–water partition coefficient (Wildman–Crippen LogP) is 2.36. The second-order valence-corrected chi connectivity index (χ2v) is 5.29. The zero-order valence-electron chi connectivity index (χ0n) is 11.5. The molecule has 0 fully saturated rings. The van der Waals surface area contributed by atoms with E-state index in [2.05, 4.69) is 46.4 Å². The van der Waals surface area contributed by atoms with Gasteiger partial charge in [-0.15, -0.1) is 0 Å². The first-order chi connectivity index (χ1) is 11.3. The van der Waals surface area contributed by atoms with Crippen LogP contribution >= 0.6 is 15.9 Å². The van der Waals surface area contributed by atoms with E-state index in [0.29, 0.717) is 6.07 Å². The van der Waals surface area contributed by atoms with Crippen molar-refractivity contribution >= 4 is 44.5 Å². The number of alkyl halides is 3. The zero-order valence-corrected chi connectivity index (χ0v) is 13.1. The van der Waals surface area contributed by atoms with Crippen molar-refractivity contribution in [3.63, 3.8) is 0 Å². The molecule has 0 bridgehead atoms. The van der Waals surface area contributed by atoms with Crippen molar-refractivity contribution in [2.24, 2.45) is 0 Å². The van der Waals surface area contributed by atoms with Gasteiger partial charge >= 0.3 is 6.18 Å². The van der Waals surface area contributed by atoms with Gasteiger partial charge in [-0.3, -0.25) is 9.89 Å². The van der Waals surface area contributed by atoms with Crippen LogP contribution in [0.4, 0.5) is 24.7 Å². The largest absolute Gasteiger partial charge is 0.419 e. The highest BCUT2D eigenvalue weighted by Crippen LogP contribution is 2.35. The van der Waals surface area contributed by atoms with Crippen LogP contribution in [0.3, 0.4) is 0 Å². The summed E-state index contributed by atoms with van der Waals surface area (Å²) >= 11 is 2.69. The summed E-state index contributed by atoms with van der Waals surface area (Å²) in [5.74, 6) is -0.696. The number of halogens is 4. The fourth-order valence-electron chi connectivity index (χ4n) is 1.90. The molecule has 0 atom stereocenters. The molecule has 12 heteroatoms. The molecule has 8 nitrogen and oxygen atoms in total. The molecule has 1 amide bonds. The van der Waals surface area contributed by atoms with E-state index in [1.54, 1.807) is 0 Å². The van der Waals surface area contributed by atoms with Gasteiger partial charge in [0.15, 0.2) is 17.0 Å². The summed E-state index contributed by atoms with van der Waals surface area (Å²) in [7, 11) is 0. The Bertz CT molecular complexity index is 940. The number of H-pyrrole nitrogens is 1. The van der Waals surface area contributed by atoms with Gasteiger partial charge in [-0.25, -0.2) is 15.0 Å². The van der Waals surface area contributed by atoms with Crippen molar-refractivity contribution in [1.29, 1.82) is 0 Å². The normalized spacial score (nSPS) is 11.7. The third-order valence-corrected chi connectivity index (χ3v) is 3.56. The maximum Gasteiger partial charge on any atom is 0.419 e. The van der Waals surface area contributed by atoms with Gasteiger partial charge in [0.1, 0.15) is 4.60 Å². The molecule has 0 aliphatic rings. The van der Waals surface area contributed by atoms with Crippen LogP contribution in [0.5, 0.6) is 0 Å². The molecule has 3 heterocycles. The van der Waals surface area contributed by atoms with Crippen LogP contribution in [0.2, 0.25) is 0 Å². The highest BCUT2D eigenvalue weighted by Gasteiger charge is 2.35. The summed E-state index contributed by atoms with van der Waals surface area (Å²) in [5, 5.41) is 8.75. The predicted molar refractivity (Wildman–Crippen MR) is 81.0 cm³/mol. The average molecular weight is 402 g/mol. The Balaban J connectivity index is 1.95. The average Bonchev–Trinajstić information content (AvgIpc) is 2.91. The number of rotatable bonds is 2. The third kappa shape index (κ3) is 2.87. The van der Waals surface area contributed by atoms with Crippen LogP contribution in [0.1, 0.15) is 16.1 Å². The van der Waals surface area contributed by atoms with Gasteiger partial charge in [-0.05, 0) is 22.0 Å². The first-order valence-electron chi connectivity index (χ1n) is 6.27. The number of nitrogens with zero attached hydrogens (tertiary/aromatic N) is 4. The number of hydrogen-bond acceptors (Lipinski definition) is 6. The van der Waals surface area contributed by atoms with E-state index in [9.17, 15) is 18.0 Å². The number of aromatic nitrogens is 5. The molecule has 124 valence electrons. The van der Waals surface area contributed by atoms with Gasteiger partial charge in [0.2, 0.25) is 5.65 Å². The summed E-state index contributed by atoms with van der Waals surface area (Å²) in [6.45, 7) is 0. The van der Waals surface area contributed by atoms with Crippen LogP contribution in [0.15, 0.2) is 23.1 Å². The van der Waals surface area contributed by atoms with Gasteiger partial charge in [-0.1, -0.05) is 0 Å². The van der Waals surface area contributed by atoms with Gasteiger partial charge < -0.3 is 11.1 Å². The van der Waals surface area contributed by atoms with Crippen LogP contribution in [-0.2, 0) is 6.18 Å². The molecule has 0 unspecified atom stereocenters. The number of amides is 1. The molecule has 0 saturated heterocycles. The number of aromatic amines is 1. The van der Waals surface area contributed by atoms with Gasteiger partial charge in [0, 0.05) is 12.4 Å². The highest BCUT2D eigenvalue weighted by molar-refractivity contribution is 9.10. The Morgan fingerprint density at radius 1 is 1.29 bits per heavy atom. The number of pyridine rings is 1. The smallest absolute Gasteiger partial charge is 0.397 e. The number of hydrogen-bond donors (Lipinski definition) is 3. The van der Waals surface area contributed by atoms with E-state index in [1.807, 2.05) is 0 Å². The van der Waals surface area contributed by atoms with Crippen molar-refractivity contribution in [1.82, 2.24) is 25.1 Å². The van der Waals surface area contributed by atoms with E-state index < -0.39 is 27.9 Å². The van der Waals surface area contributed by atoms with E-state index in [0.717, 1.165) is 0 Å². The quantitative estimate of drug-likeness (QED) is 0.566. The Hall–Kier alpha value is -2.76. The molecule has 3 aromatic rings. The molecule has 24 heavy (non-hydrogen) atoms. The zero-order chi connectivity index (χ0) is 17.5. The van der Waals surface area contributed by atoms with E-state index in [4.69, 9.17) is 5.73 Å². The summed E-state index contributed by atoms with van der Waals surface area (Å²) in [5.41, 5.74) is 4.22. The Morgan fingerprint density at radius 2 is 2.00 bits per heavy atom. The van der Waals surface area contributed by atoms with E-state index in [1.165, 1.54) is 12.4 Å². The lowest BCUT2D eigenvalue weighted by molar-refractivity contribution is -0.138. The van der Waals surface area contributed by atoms with E-state index in [-0.39, 0.29) is 22.7 Å². The number of nitrogens with two attached hydrogens (primary N) is 1. The minimum absolute atomic E-state index is 0.125. The molecule has 3 aromatic heterocycles. The second kappa shape index (κ2) is 5.70. The first-order valence-corrected chi connectivity index (χ1v) is 7.06. The number of nitrogen functional groups attached to an aromatic ring is 1.